The first kappa shape index (κ1) is 13.8. The summed E-state index contributed by atoms with van der Waals surface area (Å²) in [5.41, 5.74) is 0.510. The molecular formula is C15H8ClF3N2. The fraction of sp³-hybridized carbons (Fsp3) is 0.0667. The minimum atomic E-state index is -1.10. The van der Waals surface area contributed by atoms with Crippen molar-refractivity contribution in [2.75, 3.05) is 0 Å². The van der Waals surface area contributed by atoms with Crippen LogP contribution < -0.4 is 0 Å². The highest BCUT2D eigenvalue weighted by atomic mass is 35.5. The van der Waals surface area contributed by atoms with E-state index in [-0.39, 0.29) is 22.1 Å². The van der Waals surface area contributed by atoms with Crippen molar-refractivity contribution in [1.82, 2.24) is 9.97 Å². The lowest BCUT2D eigenvalue weighted by Gasteiger charge is -2.08. The molecule has 0 bridgehead atoms. The van der Waals surface area contributed by atoms with E-state index in [1.54, 1.807) is 13.0 Å². The Hall–Kier alpha value is -2.14. The van der Waals surface area contributed by atoms with E-state index >= 15 is 0 Å². The molecule has 2 nitrogen and oxygen atoms in total. The maximum atomic E-state index is 13.9. The van der Waals surface area contributed by atoms with Gasteiger partial charge in [-0.1, -0.05) is 23.7 Å². The first-order valence-corrected chi connectivity index (χ1v) is 6.43. The van der Waals surface area contributed by atoms with E-state index in [2.05, 4.69) is 9.97 Å². The third-order valence-corrected chi connectivity index (χ3v) is 3.43. The Labute approximate surface area is 123 Å². The zero-order chi connectivity index (χ0) is 15.1. The fourth-order valence-corrected chi connectivity index (χ4v) is 2.43. The number of fused-ring (bicyclic) bond motifs is 1. The molecule has 2 aromatic carbocycles. The van der Waals surface area contributed by atoms with Crippen LogP contribution in [-0.4, -0.2) is 9.97 Å². The van der Waals surface area contributed by atoms with Gasteiger partial charge in [0.1, 0.15) is 16.5 Å². The van der Waals surface area contributed by atoms with Gasteiger partial charge in [-0.2, -0.15) is 0 Å². The Kier molecular flexibility index (Phi) is 3.29. The lowest BCUT2D eigenvalue weighted by atomic mass is 10.1. The van der Waals surface area contributed by atoms with Crippen LogP contribution in [-0.2, 0) is 0 Å². The van der Waals surface area contributed by atoms with E-state index in [4.69, 9.17) is 11.6 Å². The van der Waals surface area contributed by atoms with Crippen LogP contribution in [0.1, 0.15) is 5.56 Å². The van der Waals surface area contributed by atoms with Crippen molar-refractivity contribution in [2.24, 2.45) is 0 Å². The lowest BCUT2D eigenvalue weighted by molar-refractivity contribution is 0.510. The highest BCUT2D eigenvalue weighted by molar-refractivity contribution is 6.34. The van der Waals surface area contributed by atoms with Crippen LogP contribution in [0.15, 0.2) is 30.3 Å². The van der Waals surface area contributed by atoms with Crippen molar-refractivity contribution in [1.29, 1.82) is 0 Å². The summed E-state index contributed by atoms with van der Waals surface area (Å²) in [6.07, 6.45) is 0. The molecule has 0 atom stereocenters. The van der Waals surface area contributed by atoms with Gasteiger partial charge in [-0.05, 0) is 30.7 Å². The molecule has 0 spiro atoms. The molecule has 0 saturated heterocycles. The second kappa shape index (κ2) is 5.00. The quantitative estimate of drug-likeness (QED) is 0.610. The van der Waals surface area contributed by atoms with Crippen LogP contribution in [0.2, 0.25) is 5.15 Å². The van der Waals surface area contributed by atoms with Gasteiger partial charge in [0.15, 0.2) is 17.5 Å². The molecule has 1 aromatic heterocycles. The molecule has 0 radical (unpaired) electrons. The molecule has 0 N–H and O–H groups in total. The van der Waals surface area contributed by atoms with Gasteiger partial charge in [-0.15, -0.1) is 0 Å². The molecule has 0 fully saturated rings. The molecule has 1 heterocycles. The van der Waals surface area contributed by atoms with Gasteiger partial charge in [-0.3, -0.25) is 0 Å². The molecule has 6 heteroatoms. The standard InChI is InChI=1S/C15H8ClF3N2/c1-7-5-6-10(18)13-11(7)14(16)21-15(20-13)8-3-2-4-9(17)12(8)19/h2-6H,1H3. The van der Waals surface area contributed by atoms with Crippen molar-refractivity contribution in [2.45, 2.75) is 6.92 Å². The molecule has 0 aliphatic carbocycles. The molecule has 21 heavy (non-hydrogen) atoms. The smallest absolute Gasteiger partial charge is 0.169 e. The van der Waals surface area contributed by atoms with Crippen molar-refractivity contribution in [3.05, 3.63) is 58.5 Å². The first-order chi connectivity index (χ1) is 9.99. The van der Waals surface area contributed by atoms with Crippen molar-refractivity contribution >= 4 is 22.5 Å². The summed E-state index contributed by atoms with van der Waals surface area (Å²) < 4.78 is 41.0. The summed E-state index contributed by atoms with van der Waals surface area (Å²) in [7, 11) is 0. The van der Waals surface area contributed by atoms with Gasteiger partial charge < -0.3 is 0 Å². The van der Waals surface area contributed by atoms with E-state index in [9.17, 15) is 13.2 Å². The fourth-order valence-electron chi connectivity index (χ4n) is 2.11. The number of nitrogens with zero attached hydrogens (tertiary/aromatic N) is 2. The maximum Gasteiger partial charge on any atom is 0.169 e. The minimum absolute atomic E-state index is 0.00402. The normalized spacial score (nSPS) is 11.1. The largest absolute Gasteiger partial charge is 0.225 e. The number of aromatic nitrogens is 2. The van der Waals surface area contributed by atoms with Crippen LogP contribution in [0.25, 0.3) is 22.3 Å². The molecular weight excluding hydrogens is 301 g/mol. The topological polar surface area (TPSA) is 25.8 Å². The molecule has 3 aromatic rings. The van der Waals surface area contributed by atoms with E-state index in [0.29, 0.717) is 10.9 Å². The minimum Gasteiger partial charge on any atom is -0.225 e. The molecule has 0 amide bonds. The number of aryl methyl sites for hydroxylation is 1. The van der Waals surface area contributed by atoms with Gasteiger partial charge in [0.2, 0.25) is 0 Å². The SMILES string of the molecule is Cc1ccc(F)c2nc(-c3cccc(F)c3F)nc(Cl)c12. The van der Waals surface area contributed by atoms with Gasteiger partial charge in [0.25, 0.3) is 0 Å². The Bertz CT molecular complexity index is 865. The van der Waals surface area contributed by atoms with E-state index in [1.165, 1.54) is 18.2 Å². The molecule has 3 rings (SSSR count). The van der Waals surface area contributed by atoms with Crippen LogP contribution in [0.4, 0.5) is 13.2 Å². The number of benzene rings is 2. The Morgan fingerprint density at radius 1 is 0.952 bits per heavy atom. The average molecular weight is 309 g/mol. The van der Waals surface area contributed by atoms with Crippen LogP contribution >= 0.6 is 11.6 Å². The number of hydrogen-bond acceptors (Lipinski definition) is 2. The Balaban J connectivity index is 2.36. The summed E-state index contributed by atoms with van der Waals surface area (Å²) in [5, 5.41) is 0.355. The van der Waals surface area contributed by atoms with Crippen LogP contribution in [0, 0.1) is 24.4 Å². The molecule has 0 aliphatic rings. The molecule has 0 aliphatic heterocycles. The Morgan fingerprint density at radius 2 is 1.71 bits per heavy atom. The van der Waals surface area contributed by atoms with Gasteiger partial charge >= 0.3 is 0 Å². The second-order valence-corrected chi connectivity index (χ2v) is 4.89. The predicted octanol–water partition coefficient (Wildman–Crippen LogP) is 4.68. The number of halogens is 4. The zero-order valence-electron chi connectivity index (χ0n) is 10.8. The lowest BCUT2D eigenvalue weighted by Crippen LogP contribution is -1.98. The van der Waals surface area contributed by atoms with Crippen molar-refractivity contribution < 1.29 is 13.2 Å². The van der Waals surface area contributed by atoms with Gasteiger partial charge in [0.05, 0.1) is 5.56 Å². The van der Waals surface area contributed by atoms with E-state index in [1.807, 2.05) is 0 Å². The van der Waals surface area contributed by atoms with Gasteiger partial charge in [0, 0.05) is 5.39 Å². The third-order valence-electron chi connectivity index (χ3n) is 3.16. The summed E-state index contributed by atoms with van der Waals surface area (Å²) in [6.45, 7) is 1.74. The Morgan fingerprint density at radius 3 is 2.48 bits per heavy atom. The number of rotatable bonds is 1. The van der Waals surface area contributed by atoms with Crippen molar-refractivity contribution in [3.8, 4) is 11.4 Å². The van der Waals surface area contributed by atoms with Crippen molar-refractivity contribution in [3.63, 3.8) is 0 Å². The maximum absolute atomic E-state index is 13.9. The summed E-state index contributed by atoms with van der Waals surface area (Å²) in [5.74, 6) is -2.88. The van der Waals surface area contributed by atoms with E-state index in [0.717, 1.165) is 6.07 Å². The zero-order valence-corrected chi connectivity index (χ0v) is 11.5. The predicted molar refractivity (Wildman–Crippen MR) is 74.6 cm³/mol. The molecule has 106 valence electrons. The summed E-state index contributed by atoms with van der Waals surface area (Å²) >= 11 is 6.05. The first-order valence-electron chi connectivity index (χ1n) is 6.06. The van der Waals surface area contributed by atoms with Crippen LogP contribution in [0.5, 0.6) is 0 Å². The highest BCUT2D eigenvalue weighted by Crippen LogP contribution is 2.30. The van der Waals surface area contributed by atoms with E-state index < -0.39 is 17.5 Å². The summed E-state index contributed by atoms with van der Waals surface area (Å²) in [4.78, 5) is 7.95. The molecule has 0 unspecified atom stereocenters. The second-order valence-electron chi connectivity index (χ2n) is 4.53. The molecule has 0 saturated carbocycles. The van der Waals surface area contributed by atoms with Gasteiger partial charge in [-0.25, -0.2) is 23.1 Å². The number of hydrogen-bond donors (Lipinski definition) is 0. The summed E-state index contributed by atoms with van der Waals surface area (Å²) in [6, 6.07) is 6.40. The average Bonchev–Trinajstić information content (AvgIpc) is 2.45. The highest BCUT2D eigenvalue weighted by Gasteiger charge is 2.17. The van der Waals surface area contributed by atoms with Crippen LogP contribution in [0.3, 0.4) is 0 Å². The third kappa shape index (κ3) is 2.23. The monoisotopic (exact) mass is 308 g/mol.